The number of carboxylic acid groups (broad SMARTS) is 1. The summed E-state index contributed by atoms with van der Waals surface area (Å²) in [6.45, 7) is 9.74. The third-order valence-corrected chi connectivity index (χ3v) is 3.15. The van der Waals surface area contributed by atoms with Crippen LogP contribution in [0.25, 0.3) is 0 Å². The Balaban J connectivity index is 0. The highest BCUT2D eigenvalue weighted by atomic mass is 16.4. The number of hydrogen-bond acceptors (Lipinski definition) is 3. The van der Waals surface area contributed by atoms with E-state index in [2.05, 4.69) is 20.9 Å². The molecule has 0 aliphatic heterocycles. The van der Waals surface area contributed by atoms with Crippen LogP contribution < -0.4 is 5.11 Å². The summed E-state index contributed by atoms with van der Waals surface area (Å²) in [6, 6.07) is 0. The molecule has 0 saturated heterocycles. The largest absolute Gasteiger partial charge is 0.550 e. The topological polar surface area (TPSA) is 60.4 Å². The van der Waals surface area contributed by atoms with Crippen molar-refractivity contribution in [3.8, 4) is 0 Å². The Bertz CT molecular complexity index is 180. The van der Waals surface area contributed by atoms with E-state index in [1.54, 1.807) is 0 Å². The number of unbranched alkanes of at least 4 members (excludes halogenated alkanes) is 2. The molecule has 0 radical (unpaired) electrons. The van der Waals surface area contributed by atoms with Gasteiger partial charge in [-0.05, 0) is 26.7 Å². The summed E-state index contributed by atoms with van der Waals surface area (Å²) in [5.41, 5.74) is 0. The molecule has 0 saturated carbocycles. The van der Waals surface area contributed by atoms with Crippen molar-refractivity contribution in [2.24, 2.45) is 0 Å². The molecule has 0 spiro atoms. The minimum Gasteiger partial charge on any atom is -0.550 e. The Morgan fingerprint density at radius 2 is 1.71 bits per heavy atom. The van der Waals surface area contributed by atoms with Crippen molar-refractivity contribution in [3.63, 3.8) is 0 Å². The first-order valence-corrected chi connectivity index (χ1v) is 6.60. The normalized spacial score (nSPS) is 10.6. The molecule has 0 aliphatic rings. The van der Waals surface area contributed by atoms with E-state index in [0.29, 0.717) is 6.61 Å². The molecule has 104 valence electrons. The molecule has 0 aliphatic carbocycles. The standard InChI is InChI=1S/C7H18NO.C6H12O2/c1-4-8(3,5-2)6-7-9;1-2-3-4-5-6(7)8/h9H,4-7H2,1-3H3;2-5H2,1H3,(H,7,8)/q+1;/p-1. The molecule has 0 heterocycles. The molecule has 1 N–H and O–H groups in total. The predicted octanol–water partition coefficient (Wildman–Crippen LogP) is 0.782. The molecule has 0 aromatic rings. The second kappa shape index (κ2) is 11.9. The number of likely N-dealkylation sites (N-methyl/N-ethyl adjacent to an activating group) is 1. The number of hydrogen-bond donors (Lipinski definition) is 1. The number of aliphatic hydroxyl groups is 1. The summed E-state index contributed by atoms with van der Waals surface area (Å²) >= 11 is 0. The van der Waals surface area contributed by atoms with Gasteiger partial charge in [0.1, 0.15) is 6.54 Å². The second-order valence-corrected chi connectivity index (χ2v) is 4.53. The van der Waals surface area contributed by atoms with E-state index in [9.17, 15) is 9.90 Å². The molecule has 0 aromatic heterocycles. The van der Waals surface area contributed by atoms with Crippen molar-refractivity contribution in [1.82, 2.24) is 0 Å². The van der Waals surface area contributed by atoms with Gasteiger partial charge in [0.2, 0.25) is 0 Å². The summed E-state index contributed by atoms with van der Waals surface area (Å²) < 4.78 is 0.983. The van der Waals surface area contributed by atoms with E-state index in [0.717, 1.165) is 43.4 Å². The van der Waals surface area contributed by atoms with Gasteiger partial charge in [-0.15, -0.1) is 0 Å². The maximum absolute atomic E-state index is 9.76. The number of aliphatic carboxylic acids is 1. The van der Waals surface area contributed by atoms with Crippen molar-refractivity contribution < 1.29 is 19.5 Å². The molecule has 0 fully saturated rings. The van der Waals surface area contributed by atoms with Gasteiger partial charge < -0.3 is 19.5 Å². The fraction of sp³-hybridized carbons (Fsp3) is 0.923. The van der Waals surface area contributed by atoms with Gasteiger partial charge >= 0.3 is 0 Å². The predicted molar refractivity (Wildman–Crippen MR) is 68.4 cm³/mol. The van der Waals surface area contributed by atoms with Crippen molar-refractivity contribution in [3.05, 3.63) is 0 Å². The lowest BCUT2D eigenvalue weighted by Gasteiger charge is -2.31. The third kappa shape index (κ3) is 13.3. The molecule has 0 aromatic carbocycles. The quantitative estimate of drug-likeness (QED) is 0.509. The smallest absolute Gasteiger partial charge is 0.102 e. The zero-order valence-corrected chi connectivity index (χ0v) is 11.9. The van der Waals surface area contributed by atoms with Gasteiger partial charge in [0.05, 0.1) is 26.7 Å². The summed E-state index contributed by atoms with van der Waals surface area (Å²) in [7, 11) is 2.16. The molecule has 0 atom stereocenters. The van der Waals surface area contributed by atoms with Crippen molar-refractivity contribution in [2.75, 3.05) is 33.3 Å². The van der Waals surface area contributed by atoms with Gasteiger partial charge in [-0.2, -0.15) is 0 Å². The molecule has 17 heavy (non-hydrogen) atoms. The SMILES string of the molecule is CCCCCC(=O)[O-].CC[N+](C)(CC)CCO. The lowest BCUT2D eigenvalue weighted by Crippen LogP contribution is -2.45. The minimum absolute atomic E-state index is 0.216. The van der Waals surface area contributed by atoms with Crippen LogP contribution in [0.4, 0.5) is 0 Å². The Kier molecular flexibility index (Phi) is 13.1. The zero-order chi connectivity index (χ0) is 13.7. The lowest BCUT2D eigenvalue weighted by molar-refractivity contribution is -0.906. The first kappa shape index (κ1) is 18.7. The Labute approximate surface area is 106 Å². The molecule has 0 unspecified atom stereocenters. The van der Waals surface area contributed by atoms with E-state index < -0.39 is 5.97 Å². The van der Waals surface area contributed by atoms with Crippen LogP contribution in [0.2, 0.25) is 0 Å². The summed E-state index contributed by atoms with van der Waals surface area (Å²) in [5.74, 6) is -0.932. The Hall–Kier alpha value is -0.610. The average Bonchev–Trinajstić information content (AvgIpc) is 2.30. The van der Waals surface area contributed by atoms with Crippen LogP contribution in [0.3, 0.4) is 0 Å². The van der Waals surface area contributed by atoms with Gasteiger partial charge in [0.15, 0.2) is 0 Å². The number of rotatable bonds is 8. The van der Waals surface area contributed by atoms with E-state index in [1.807, 2.05) is 6.92 Å². The molecular formula is C13H29NO3. The highest BCUT2D eigenvalue weighted by Gasteiger charge is 2.13. The van der Waals surface area contributed by atoms with Gasteiger partial charge in [-0.25, -0.2) is 0 Å². The maximum Gasteiger partial charge on any atom is 0.102 e. The molecule has 0 rings (SSSR count). The van der Waals surface area contributed by atoms with Crippen LogP contribution >= 0.6 is 0 Å². The number of nitrogens with zero attached hydrogens (tertiary/aromatic N) is 1. The van der Waals surface area contributed by atoms with Gasteiger partial charge in [0, 0.05) is 5.97 Å². The van der Waals surface area contributed by atoms with E-state index in [1.165, 1.54) is 0 Å². The lowest BCUT2D eigenvalue weighted by atomic mass is 10.2. The summed E-state index contributed by atoms with van der Waals surface area (Å²) in [4.78, 5) is 9.76. The number of quaternary nitrogens is 1. The molecule has 4 nitrogen and oxygen atoms in total. The Morgan fingerprint density at radius 1 is 1.18 bits per heavy atom. The molecule has 4 heteroatoms. The highest BCUT2D eigenvalue weighted by molar-refractivity contribution is 5.63. The number of carbonyl (C=O) groups excluding carboxylic acids is 1. The van der Waals surface area contributed by atoms with E-state index >= 15 is 0 Å². The van der Waals surface area contributed by atoms with Crippen LogP contribution in [0.1, 0.15) is 46.5 Å². The maximum atomic E-state index is 9.76. The Morgan fingerprint density at radius 3 is 1.94 bits per heavy atom. The van der Waals surface area contributed by atoms with Crippen LogP contribution in [-0.2, 0) is 4.79 Å². The first-order chi connectivity index (χ1) is 7.95. The highest BCUT2D eigenvalue weighted by Crippen LogP contribution is 1.98. The fourth-order valence-corrected chi connectivity index (χ4v) is 1.30. The zero-order valence-electron chi connectivity index (χ0n) is 11.9. The van der Waals surface area contributed by atoms with Gasteiger partial charge in [-0.1, -0.05) is 19.8 Å². The number of aliphatic hydroxyl groups excluding tert-OH is 1. The number of carboxylic acids is 1. The summed E-state index contributed by atoms with van der Waals surface area (Å²) in [6.07, 6.45) is 3.04. The molecular weight excluding hydrogens is 218 g/mol. The van der Waals surface area contributed by atoms with Crippen LogP contribution in [-0.4, -0.2) is 48.8 Å². The van der Waals surface area contributed by atoms with E-state index in [4.69, 9.17) is 5.11 Å². The van der Waals surface area contributed by atoms with Crippen molar-refractivity contribution >= 4 is 5.97 Å². The van der Waals surface area contributed by atoms with Crippen LogP contribution in [0.5, 0.6) is 0 Å². The van der Waals surface area contributed by atoms with Crippen LogP contribution in [0.15, 0.2) is 0 Å². The fourth-order valence-electron chi connectivity index (χ4n) is 1.30. The van der Waals surface area contributed by atoms with Crippen molar-refractivity contribution in [2.45, 2.75) is 46.5 Å². The van der Waals surface area contributed by atoms with Gasteiger partial charge in [0.25, 0.3) is 0 Å². The monoisotopic (exact) mass is 247 g/mol. The minimum atomic E-state index is -0.932. The first-order valence-electron chi connectivity index (χ1n) is 6.60. The summed E-state index contributed by atoms with van der Waals surface area (Å²) in [5, 5.41) is 18.4. The van der Waals surface area contributed by atoms with Crippen LogP contribution in [0, 0.1) is 0 Å². The van der Waals surface area contributed by atoms with Crippen molar-refractivity contribution in [1.29, 1.82) is 0 Å². The van der Waals surface area contributed by atoms with Gasteiger partial charge in [-0.3, -0.25) is 0 Å². The third-order valence-electron chi connectivity index (χ3n) is 3.15. The molecule has 0 bridgehead atoms. The average molecular weight is 247 g/mol. The number of carbonyl (C=O) groups is 1. The van der Waals surface area contributed by atoms with E-state index in [-0.39, 0.29) is 6.42 Å². The molecule has 0 amide bonds. The second-order valence-electron chi connectivity index (χ2n) is 4.53.